The Morgan fingerprint density at radius 1 is 0.714 bits per heavy atom. The maximum atomic E-state index is 12.0. The highest BCUT2D eigenvalue weighted by Gasteiger charge is 2.13. The molecule has 0 radical (unpaired) electrons. The van der Waals surface area contributed by atoms with Crippen molar-refractivity contribution in [3.05, 3.63) is 42.5 Å². The first kappa shape index (κ1) is 24.9. The molecule has 0 amide bonds. The van der Waals surface area contributed by atoms with Gasteiger partial charge in [-0.15, -0.1) is 0 Å². The molecule has 1 aromatic rings. The van der Waals surface area contributed by atoms with Crippen LogP contribution in [0.3, 0.4) is 0 Å². The van der Waals surface area contributed by atoms with Crippen molar-refractivity contribution in [2.24, 2.45) is 0 Å². The first-order valence-electron chi connectivity index (χ1n) is 11.3. The van der Waals surface area contributed by atoms with Crippen LogP contribution in [0, 0.1) is 0 Å². The molecule has 0 heterocycles. The summed E-state index contributed by atoms with van der Waals surface area (Å²) < 4.78 is 29.0. The van der Waals surface area contributed by atoms with Gasteiger partial charge in [0, 0.05) is 0 Å². The number of benzene rings is 1. The smallest absolute Gasteiger partial charge is 0.266 e. The van der Waals surface area contributed by atoms with Gasteiger partial charge in [-0.1, -0.05) is 95.1 Å². The van der Waals surface area contributed by atoms with Gasteiger partial charge in [-0.25, -0.2) is 0 Å². The fourth-order valence-corrected chi connectivity index (χ4v) is 4.14. The van der Waals surface area contributed by atoms with Gasteiger partial charge in [-0.2, -0.15) is 8.42 Å². The minimum Gasteiger partial charge on any atom is -0.266 e. The van der Waals surface area contributed by atoms with Crippen LogP contribution in [0.15, 0.2) is 47.4 Å². The Kier molecular flexibility index (Phi) is 14.9. The van der Waals surface area contributed by atoms with Crippen molar-refractivity contribution in [2.45, 2.75) is 102 Å². The lowest BCUT2D eigenvalue weighted by atomic mass is 10.1. The highest BCUT2D eigenvalue weighted by Crippen LogP contribution is 2.13. The third-order valence-electron chi connectivity index (χ3n) is 4.93. The molecule has 0 aliphatic carbocycles. The maximum absolute atomic E-state index is 12.0. The molecule has 0 saturated heterocycles. The van der Waals surface area contributed by atoms with Gasteiger partial charge in [0.1, 0.15) is 0 Å². The van der Waals surface area contributed by atoms with E-state index in [1.807, 2.05) is 0 Å². The molecular weight excluding hydrogens is 368 g/mol. The summed E-state index contributed by atoms with van der Waals surface area (Å²) in [6, 6.07) is 8.35. The van der Waals surface area contributed by atoms with Crippen LogP contribution in [0.25, 0.3) is 0 Å². The Hall–Kier alpha value is -1.13. The van der Waals surface area contributed by atoms with E-state index in [0.29, 0.717) is 0 Å². The normalized spacial score (nSPS) is 12.0. The van der Waals surface area contributed by atoms with E-state index in [4.69, 9.17) is 4.18 Å². The zero-order chi connectivity index (χ0) is 20.3. The zero-order valence-electron chi connectivity index (χ0n) is 17.8. The average molecular weight is 409 g/mol. The van der Waals surface area contributed by atoms with Gasteiger partial charge >= 0.3 is 0 Å². The van der Waals surface area contributed by atoms with Crippen molar-refractivity contribution in [2.75, 3.05) is 6.61 Å². The van der Waals surface area contributed by atoms with Crippen LogP contribution in [-0.2, 0) is 14.3 Å². The Labute approximate surface area is 173 Å². The van der Waals surface area contributed by atoms with Crippen molar-refractivity contribution < 1.29 is 12.6 Å². The van der Waals surface area contributed by atoms with E-state index >= 15 is 0 Å². The van der Waals surface area contributed by atoms with E-state index in [9.17, 15) is 8.42 Å². The SMILES string of the molecule is CCCCCCCC/C=C\CCCCCCCCOS(=O)(=O)c1ccccc1. The van der Waals surface area contributed by atoms with Gasteiger partial charge in [0.2, 0.25) is 0 Å². The molecule has 0 spiro atoms. The standard InChI is InChI=1S/C24H40O3S/c1-2-3-4-5-6-7-8-9-10-11-12-13-14-15-16-20-23-27-28(25,26)24-21-18-17-19-22-24/h9-10,17-19,21-22H,2-8,11-16,20,23H2,1H3/b10-9-. The minimum atomic E-state index is -3.59. The van der Waals surface area contributed by atoms with Gasteiger partial charge in [0.25, 0.3) is 10.1 Å². The molecule has 0 aliphatic rings. The molecule has 0 fully saturated rings. The molecule has 1 rings (SSSR count). The van der Waals surface area contributed by atoms with Crippen LogP contribution < -0.4 is 0 Å². The molecule has 0 aliphatic heterocycles. The van der Waals surface area contributed by atoms with Crippen LogP contribution in [0.4, 0.5) is 0 Å². The summed E-state index contributed by atoms with van der Waals surface area (Å²) in [5, 5.41) is 0. The fourth-order valence-electron chi connectivity index (χ4n) is 3.17. The first-order chi connectivity index (χ1) is 13.7. The van der Waals surface area contributed by atoms with Crippen molar-refractivity contribution in [3.63, 3.8) is 0 Å². The predicted octanol–water partition coefficient (Wildman–Crippen LogP) is 7.43. The monoisotopic (exact) mass is 408 g/mol. The van der Waals surface area contributed by atoms with E-state index < -0.39 is 10.1 Å². The summed E-state index contributed by atoms with van der Waals surface area (Å²) in [4.78, 5) is 0.236. The van der Waals surface area contributed by atoms with Crippen LogP contribution >= 0.6 is 0 Å². The number of hydrogen-bond acceptors (Lipinski definition) is 3. The van der Waals surface area contributed by atoms with Gasteiger partial charge in [-0.05, 0) is 44.2 Å². The summed E-state index contributed by atoms with van der Waals surface area (Å²) in [6.45, 7) is 2.54. The molecule has 1 aromatic carbocycles. The van der Waals surface area contributed by atoms with E-state index in [-0.39, 0.29) is 11.5 Å². The van der Waals surface area contributed by atoms with E-state index in [2.05, 4.69) is 19.1 Å². The molecule has 160 valence electrons. The highest BCUT2D eigenvalue weighted by molar-refractivity contribution is 7.86. The first-order valence-corrected chi connectivity index (χ1v) is 12.7. The molecular formula is C24H40O3S. The molecule has 0 atom stereocenters. The number of hydrogen-bond donors (Lipinski definition) is 0. The Balaban J connectivity index is 1.87. The number of allylic oxidation sites excluding steroid dienone is 2. The van der Waals surface area contributed by atoms with Gasteiger partial charge < -0.3 is 0 Å². The summed E-state index contributed by atoms with van der Waals surface area (Å²) in [6.07, 6.45) is 22.0. The average Bonchev–Trinajstić information content (AvgIpc) is 2.71. The molecule has 4 heteroatoms. The fraction of sp³-hybridized carbons (Fsp3) is 0.667. The summed E-state index contributed by atoms with van der Waals surface area (Å²) >= 11 is 0. The second-order valence-corrected chi connectivity index (χ2v) is 9.14. The third-order valence-corrected chi connectivity index (χ3v) is 6.25. The second-order valence-electron chi connectivity index (χ2n) is 7.53. The quantitative estimate of drug-likeness (QED) is 0.144. The minimum absolute atomic E-state index is 0.236. The lowest BCUT2D eigenvalue weighted by Crippen LogP contribution is -2.07. The predicted molar refractivity (Wildman–Crippen MR) is 119 cm³/mol. The molecule has 0 N–H and O–H groups in total. The lowest BCUT2D eigenvalue weighted by Gasteiger charge is -2.05. The van der Waals surface area contributed by atoms with Crippen LogP contribution in [0.1, 0.15) is 96.8 Å². The van der Waals surface area contributed by atoms with Crippen LogP contribution in [0.5, 0.6) is 0 Å². The summed E-state index contributed by atoms with van der Waals surface area (Å²) in [5.41, 5.74) is 0. The Morgan fingerprint density at radius 2 is 1.21 bits per heavy atom. The second kappa shape index (κ2) is 16.8. The van der Waals surface area contributed by atoms with Crippen LogP contribution in [0.2, 0.25) is 0 Å². The molecule has 3 nitrogen and oxygen atoms in total. The lowest BCUT2D eigenvalue weighted by molar-refractivity contribution is 0.306. The highest BCUT2D eigenvalue weighted by atomic mass is 32.2. The summed E-state index contributed by atoms with van der Waals surface area (Å²) in [5.74, 6) is 0. The van der Waals surface area contributed by atoms with Gasteiger partial charge in [-0.3, -0.25) is 4.18 Å². The van der Waals surface area contributed by atoms with E-state index in [1.54, 1.807) is 30.3 Å². The van der Waals surface area contributed by atoms with Crippen LogP contribution in [-0.4, -0.2) is 15.0 Å². The molecule has 28 heavy (non-hydrogen) atoms. The topological polar surface area (TPSA) is 43.4 Å². The van der Waals surface area contributed by atoms with Crippen molar-refractivity contribution in [1.82, 2.24) is 0 Å². The Morgan fingerprint density at radius 3 is 1.79 bits per heavy atom. The van der Waals surface area contributed by atoms with E-state index in [0.717, 1.165) is 19.3 Å². The summed E-state index contributed by atoms with van der Waals surface area (Å²) in [7, 11) is -3.59. The zero-order valence-corrected chi connectivity index (χ0v) is 18.6. The number of rotatable bonds is 18. The molecule has 0 bridgehead atoms. The molecule has 0 aromatic heterocycles. The van der Waals surface area contributed by atoms with Crippen molar-refractivity contribution >= 4 is 10.1 Å². The molecule has 0 unspecified atom stereocenters. The maximum Gasteiger partial charge on any atom is 0.296 e. The Bertz CT molecular complexity index is 594. The number of unbranched alkanes of at least 4 members (excludes halogenated alkanes) is 12. The van der Waals surface area contributed by atoms with Crippen molar-refractivity contribution in [1.29, 1.82) is 0 Å². The van der Waals surface area contributed by atoms with Gasteiger partial charge in [0.05, 0.1) is 11.5 Å². The largest absolute Gasteiger partial charge is 0.296 e. The van der Waals surface area contributed by atoms with E-state index in [1.165, 1.54) is 70.6 Å². The van der Waals surface area contributed by atoms with Gasteiger partial charge in [0.15, 0.2) is 0 Å². The molecule has 0 saturated carbocycles. The van der Waals surface area contributed by atoms with Crippen molar-refractivity contribution in [3.8, 4) is 0 Å². The third kappa shape index (κ3) is 13.1.